The van der Waals surface area contributed by atoms with Gasteiger partial charge in [-0.05, 0) is 91.7 Å². The van der Waals surface area contributed by atoms with Crippen LogP contribution in [-0.2, 0) is 22.7 Å². The minimum absolute atomic E-state index is 0.1000. The predicted octanol–water partition coefficient (Wildman–Crippen LogP) is 4.47. The average Bonchev–Trinajstić information content (AvgIpc) is 2.81. The summed E-state index contributed by atoms with van der Waals surface area (Å²) in [6, 6.07) is 12.8. The van der Waals surface area contributed by atoms with Crippen LogP contribution in [0.1, 0.15) is 60.0 Å². The normalized spacial score (nSPS) is 27.4. The molecule has 6 heteroatoms. The van der Waals surface area contributed by atoms with E-state index >= 15 is 0 Å². The molecular weight excluding hydrogens is 421 g/mol. The van der Waals surface area contributed by atoms with Crippen LogP contribution in [0.25, 0.3) is 0 Å². The smallest absolute Gasteiger partial charge is 0.338 e. The zero-order valence-corrected chi connectivity index (χ0v) is 18.7. The first-order valence-electron chi connectivity index (χ1n) is 11.9. The SMILES string of the molecule is O=C(OCC(=O)N(Cc1ccc(F)cc1)C12CC3CC(CC(C3)C1)C2)c1ccc(CO)cc1. The molecule has 4 aliphatic carbocycles. The number of amides is 1. The molecule has 4 aliphatic rings. The van der Waals surface area contributed by atoms with E-state index in [9.17, 15) is 14.0 Å². The lowest BCUT2D eigenvalue weighted by atomic mass is 9.52. The summed E-state index contributed by atoms with van der Waals surface area (Å²) in [6.07, 6.45) is 6.79. The summed E-state index contributed by atoms with van der Waals surface area (Å²) in [6.45, 7) is -0.0191. The molecule has 0 radical (unpaired) electrons. The van der Waals surface area contributed by atoms with Crippen molar-refractivity contribution in [3.8, 4) is 0 Å². The maximum atomic E-state index is 13.5. The monoisotopic (exact) mass is 451 g/mol. The molecule has 2 aromatic rings. The van der Waals surface area contributed by atoms with Crippen LogP contribution in [0.5, 0.6) is 0 Å². The van der Waals surface area contributed by atoms with Crippen molar-refractivity contribution in [1.29, 1.82) is 0 Å². The van der Waals surface area contributed by atoms with Crippen molar-refractivity contribution in [2.45, 2.75) is 57.2 Å². The minimum atomic E-state index is -0.555. The molecule has 1 amide bonds. The first-order chi connectivity index (χ1) is 15.9. The molecule has 0 heterocycles. The lowest BCUT2D eigenvalue weighted by molar-refractivity contribution is -0.155. The van der Waals surface area contributed by atoms with Crippen molar-refractivity contribution in [2.75, 3.05) is 6.61 Å². The molecule has 33 heavy (non-hydrogen) atoms. The number of hydrogen-bond donors (Lipinski definition) is 1. The third-order valence-electron chi connectivity index (χ3n) is 7.83. The molecule has 4 bridgehead atoms. The standard InChI is InChI=1S/C27H30FNO4/c28-24-7-3-18(4-8-24)15-29(27-12-20-9-21(13-27)11-22(10-20)14-27)25(31)17-33-26(32)23-5-1-19(16-30)2-6-23/h1-8,20-22,30H,9-17H2. The Kier molecular flexibility index (Phi) is 5.95. The Hall–Kier alpha value is -2.73. The zero-order chi connectivity index (χ0) is 23.0. The number of ether oxygens (including phenoxy) is 1. The van der Waals surface area contributed by atoms with Crippen molar-refractivity contribution in [1.82, 2.24) is 4.90 Å². The molecule has 0 aromatic heterocycles. The second-order valence-corrected chi connectivity index (χ2v) is 10.2. The van der Waals surface area contributed by atoms with Gasteiger partial charge in [0.1, 0.15) is 5.82 Å². The van der Waals surface area contributed by atoms with Gasteiger partial charge >= 0.3 is 5.97 Å². The number of aliphatic hydroxyl groups excluding tert-OH is 1. The summed E-state index contributed by atoms with van der Waals surface area (Å²) in [4.78, 5) is 28.0. The van der Waals surface area contributed by atoms with Gasteiger partial charge in [-0.15, -0.1) is 0 Å². The number of halogens is 1. The van der Waals surface area contributed by atoms with Crippen molar-refractivity contribution in [2.24, 2.45) is 17.8 Å². The molecule has 4 fully saturated rings. The molecule has 174 valence electrons. The average molecular weight is 452 g/mol. The van der Waals surface area contributed by atoms with E-state index in [-0.39, 0.29) is 30.5 Å². The van der Waals surface area contributed by atoms with Gasteiger partial charge in [0.05, 0.1) is 12.2 Å². The van der Waals surface area contributed by atoms with E-state index in [0.717, 1.165) is 24.8 Å². The van der Waals surface area contributed by atoms with Crippen LogP contribution in [0.4, 0.5) is 4.39 Å². The van der Waals surface area contributed by atoms with Gasteiger partial charge in [-0.2, -0.15) is 0 Å². The molecule has 0 spiro atoms. The van der Waals surface area contributed by atoms with E-state index in [0.29, 0.717) is 35.4 Å². The Labute approximate surface area is 193 Å². The highest BCUT2D eigenvalue weighted by Gasteiger charge is 2.54. The molecule has 4 saturated carbocycles. The van der Waals surface area contributed by atoms with Gasteiger partial charge in [-0.25, -0.2) is 9.18 Å². The Morgan fingerprint density at radius 2 is 1.45 bits per heavy atom. The lowest BCUT2D eigenvalue weighted by Gasteiger charge is -2.60. The van der Waals surface area contributed by atoms with Gasteiger partial charge in [0, 0.05) is 12.1 Å². The van der Waals surface area contributed by atoms with E-state index in [2.05, 4.69) is 0 Å². The molecule has 0 atom stereocenters. The quantitative estimate of drug-likeness (QED) is 0.631. The Morgan fingerprint density at radius 1 is 0.909 bits per heavy atom. The van der Waals surface area contributed by atoms with E-state index in [1.807, 2.05) is 4.90 Å². The topological polar surface area (TPSA) is 66.8 Å². The largest absolute Gasteiger partial charge is 0.452 e. The Balaban J connectivity index is 1.34. The Morgan fingerprint density at radius 3 is 2.00 bits per heavy atom. The summed E-state index contributed by atoms with van der Waals surface area (Å²) in [5.74, 6) is 0.932. The first kappa shape index (κ1) is 22.1. The second kappa shape index (κ2) is 8.90. The number of hydrogen-bond acceptors (Lipinski definition) is 4. The molecule has 0 aliphatic heterocycles. The first-order valence-corrected chi connectivity index (χ1v) is 11.9. The zero-order valence-electron chi connectivity index (χ0n) is 18.7. The van der Waals surface area contributed by atoms with Gasteiger partial charge in [-0.1, -0.05) is 24.3 Å². The molecular formula is C27H30FNO4. The Bertz CT molecular complexity index is 982. The van der Waals surface area contributed by atoms with Crippen LogP contribution in [0.3, 0.4) is 0 Å². The van der Waals surface area contributed by atoms with Crippen LogP contribution in [-0.4, -0.2) is 34.0 Å². The van der Waals surface area contributed by atoms with Crippen molar-refractivity contribution < 1.29 is 23.8 Å². The minimum Gasteiger partial charge on any atom is -0.452 e. The fraction of sp³-hybridized carbons (Fsp3) is 0.481. The molecule has 1 N–H and O–H groups in total. The van der Waals surface area contributed by atoms with Gasteiger partial charge in [-0.3, -0.25) is 4.79 Å². The van der Waals surface area contributed by atoms with E-state index in [1.165, 1.54) is 31.4 Å². The van der Waals surface area contributed by atoms with Crippen LogP contribution >= 0.6 is 0 Å². The summed E-state index contributed by atoms with van der Waals surface area (Å²) < 4.78 is 18.9. The third kappa shape index (κ3) is 4.54. The van der Waals surface area contributed by atoms with Crippen molar-refractivity contribution in [3.63, 3.8) is 0 Å². The highest BCUT2D eigenvalue weighted by Crippen LogP contribution is 2.58. The number of rotatable bonds is 7. The summed E-state index contributed by atoms with van der Waals surface area (Å²) >= 11 is 0. The van der Waals surface area contributed by atoms with Crippen LogP contribution in [0.2, 0.25) is 0 Å². The van der Waals surface area contributed by atoms with Gasteiger partial charge in [0.15, 0.2) is 6.61 Å². The summed E-state index contributed by atoms with van der Waals surface area (Å²) in [5, 5.41) is 9.17. The number of benzene rings is 2. The number of carbonyl (C=O) groups is 2. The summed E-state index contributed by atoms with van der Waals surface area (Å²) in [7, 11) is 0. The maximum absolute atomic E-state index is 13.5. The second-order valence-electron chi connectivity index (χ2n) is 10.2. The van der Waals surface area contributed by atoms with Crippen LogP contribution in [0.15, 0.2) is 48.5 Å². The number of carbonyl (C=O) groups excluding carboxylic acids is 2. The van der Waals surface area contributed by atoms with E-state index in [4.69, 9.17) is 9.84 Å². The lowest BCUT2D eigenvalue weighted by Crippen LogP contribution is -2.61. The molecule has 2 aromatic carbocycles. The van der Waals surface area contributed by atoms with Gasteiger partial charge in [0.25, 0.3) is 5.91 Å². The van der Waals surface area contributed by atoms with E-state index in [1.54, 1.807) is 36.4 Å². The summed E-state index contributed by atoms with van der Waals surface area (Å²) in [5.41, 5.74) is 1.73. The number of nitrogens with zero attached hydrogens (tertiary/aromatic N) is 1. The fourth-order valence-electron chi connectivity index (χ4n) is 6.72. The van der Waals surface area contributed by atoms with Crippen LogP contribution < -0.4 is 0 Å². The molecule has 0 unspecified atom stereocenters. The van der Waals surface area contributed by atoms with Gasteiger partial charge < -0.3 is 14.7 Å². The van der Waals surface area contributed by atoms with Crippen molar-refractivity contribution in [3.05, 3.63) is 71.0 Å². The number of esters is 1. The highest BCUT2D eigenvalue weighted by molar-refractivity contribution is 5.91. The van der Waals surface area contributed by atoms with E-state index < -0.39 is 5.97 Å². The predicted molar refractivity (Wildman–Crippen MR) is 121 cm³/mol. The molecule has 5 nitrogen and oxygen atoms in total. The fourth-order valence-corrected chi connectivity index (χ4v) is 6.72. The third-order valence-corrected chi connectivity index (χ3v) is 7.83. The highest BCUT2D eigenvalue weighted by atomic mass is 19.1. The maximum Gasteiger partial charge on any atom is 0.338 e. The molecule has 0 saturated heterocycles. The number of aliphatic hydroxyl groups is 1. The van der Waals surface area contributed by atoms with Crippen molar-refractivity contribution >= 4 is 11.9 Å². The molecule has 6 rings (SSSR count). The van der Waals surface area contributed by atoms with Gasteiger partial charge in [0.2, 0.25) is 0 Å². The van der Waals surface area contributed by atoms with Crippen LogP contribution in [0, 0.1) is 23.6 Å².